The summed E-state index contributed by atoms with van der Waals surface area (Å²) in [7, 11) is 0. The van der Waals surface area contributed by atoms with Crippen LogP contribution in [0.2, 0.25) is 0 Å². The Bertz CT molecular complexity index is 262. The van der Waals surface area contributed by atoms with Gasteiger partial charge < -0.3 is 14.9 Å². The molecule has 0 aromatic carbocycles. The van der Waals surface area contributed by atoms with E-state index in [0.717, 1.165) is 19.3 Å². The van der Waals surface area contributed by atoms with Crippen molar-refractivity contribution in [3.05, 3.63) is 25.0 Å². The van der Waals surface area contributed by atoms with Crippen molar-refractivity contribution >= 4 is 17.9 Å². The zero-order valence-corrected chi connectivity index (χ0v) is 8.17. The largest absolute Gasteiger partial charge is 0.481 e. The molecule has 0 spiro atoms. The third-order valence-corrected chi connectivity index (χ3v) is 0.760. The molecule has 6 heteroatoms. The van der Waals surface area contributed by atoms with Crippen LogP contribution in [-0.2, 0) is 19.1 Å². The molecule has 0 bridgehead atoms. The molecule has 0 heterocycles. The van der Waals surface area contributed by atoms with Crippen molar-refractivity contribution in [2.75, 3.05) is 0 Å². The monoisotopic (exact) mass is 216 g/mol. The number of carbonyl (C=O) groups is 3. The molecule has 0 aromatic rings. The van der Waals surface area contributed by atoms with E-state index in [1.807, 2.05) is 0 Å². The summed E-state index contributed by atoms with van der Waals surface area (Å²) in [5.74, 6) is -2.45. The lowest BCUT2D eigenvalue weighted by Crippen LogP contribution is -1.96. The van der Waals surface area contributed by atoms with Crippen LogP contribution in [0.1, 0.15) is 13.3 Å². The van der Waals surface area contributed by atoms with E-state index in [1.54, 1.807) is 0 Å². The van der Waals surface area contributed by atoms with E-state index in [0.29, 0.717) is 0 Å². The highest BCUT2D eigenvalue weighted by molar-refractivity contribution is 5.81. The first-order chi connectivity index (χ1) is 6.90. The first kappa shape index (κ1) is 15.4. The summed E-state index contributed by atoms with van der Waals surface area (Å²) in [4.78, 5) is 29.4. The van der Waals surface area contributed by atoms with E-state index < -0.39 is 17.9 Å². The first-order valence-corrected chi connectivity index (χ1v) is 3.79. The molecule has 0 atom stereocenters. The molecule has 0 unspecified atom stereocenters. The van der Waals surface area contributed by atoms with E-state index in [4.69, 9.17) is 15.0 Å². The summed E-state index contributed by atoms with van der Waals surface area (Å²) in [6.45, 7) is 4.24. The van der Waals surface area contributed by atoms with Crippen LogP contribution in [0.3, 0.4) is 0 Å². The normalized spacial score (nSPS) is 8.60. The van der Waals surface area contributed by atoms with Gasteiger partial charge in [0.05, 0.1) is 12.7 Å². The van der Waals surface area contributed by atoms with Gasteiger partial charge in [-0.25, -0.2) is 4.79 Å². The molecule has 0 saturated carbocycles. The van der Waals surface area contributed by atoms with Crippen molar-refractivity contribution < 1.29 is 29.3 Å². The number of aliphatic carboxylic acids is 2. The third-order valence-electron chi connectivity index (χ3n) is 0.760. The van der Waals surface area contributed by atoms with Gasteiger partial charge in [-0.2, -0.15) is 0 Å². The highest BCUT2D eigenvalue weighted by atomic mass is 16.5. The molecule has 0 radical (unpaired) electrons. The Balaban J connectivity index is 0. The second-order valence-electron chi connectivity index (χ2n) is 2.12. The predicted molar refractivity (Wildman–Crippen MR) is 51.0 cm³/mol. The van der Waals surface area contributed by atoms with Gasteiger partial charge in [0.25, 0.3) is 5.97 Å². The molecular formula is C9H12O6. The number of rotatable bonds is 4. The number of esters is 1. The lowest BCUT2D eigenvalue weighted by molar-refractivity contribution is -0.137. The summed E-state index contributed by atoms with van der Waals surface area (Å²) >= 11 is 0. The summed E-state index contributed by atoms with van der Waals surface area (Å²) < 4.78 is 4.30. The minimum atomic E-state index is -1.09. The molecule has 15 heavy (non-hydrogen) atoms. The van der Waals surface area contributed by atoms with Gasteiger partial charge in [-0.15, -0.1) is 0 Å². The van der Waals surface area contributed by atoms with Gasteiger partial charge >= 0.3 is 11.9 Å². The molecule has 0 amide bonds. The second kappa shape index (κ2) is 9.97. The maximum Gasteiger partial charge on any atom is 0.327 e. The lowest BCUT2D eigenvalue weighted by Gasteiger charge is -1.91. The van der Waals surface area contributed by atoms with Crippen LogP contribution in [0.4, 0.5) is 0 Å². The number of carboxylic acid groups (broad SMARTS) is 2. The molecule has 0 aromatic heterocycles. The Hall–Kier alpha value is -2.11. The Morgan fingerprint density at radius 1 is 1.33 bits per heavy atom. The summed E-state index contributed by atoms with van der Waals surface area (Å²) in [6, 6.07) is 0. The van der Waals surface area contributed by atoms with Crippen LogP contribution in [0.25, 0.3) is 0 Å². The van der Waals surface area contributed by atoms with E-state index in [9.17, 15) is 9.59 Å². The molecule has 0 saturated heterocycles. The molecule has 0 aliphatic rings. The van der Waals surface area contributed by atoms with E-state index >= 15 is 0 Å². The molecule has 0 aliphatic carbocycles. The minimum Gasteiger partial charge on any atom is -0.481 e. The van der Waals surface area contributed by atoms with Crippen molar-refractivity contribution in [2.24, 2.45) is 0 Å². The maximum atomic E-state index is 10.5. The average Bonchev–Trinajstić information content (AvgIpc) is 2.02. The Labute approximate surface area is 86.5 Å². The SMILES string of the molecule is C=COC(=O)CC=CC(=O)O.CC(=O)O. The van der Waals surface area contributed by atoms with Crippen molar-refractivity contribution in [2.45, 2.75) is 13.3 Å². The summed E-state index contributed by atoms with van der Waals surface area (Å²) in [5.41, 5.74) is 0. The Kier molecular flexibility index (Phi) is 10.2. The number of hydrogen-bond donors (Lipinski definition) is 2. The molecular weight excluding hydrogens is 204 g/mol. The van der Waals surface area contributed by atoms with E-state index in [1.165, 1.54) is 6.08 Å². The minimum absolute atomic E-state index is 0.0572. The highest BCUT2D eigenvalue weighted by Gasteiger charge is 1.95. The van der Waals surface area contributed by atoms with Gasteiger partial charge in [-0.1, -0.05) is 12.7 Å². The van der Waals surface area contributed by atoms with Crippen LogP contribution in [0.15, 0.2) is 25.0 Å². The lowest BCUT2D eigenvalue weighted by atomic mass is 10.4. The highest BCUT2D eigenvalue weighted by Crippen LogP contribution is 1.88. The fourth-order valence-electron chi connectivity index (χ4n) is 0.397. The summed E-state index contributed by atoms with van der Waals surface area (Å²) in [6.07, 6.45) is 3.02. The predicted octanol–water partition coefficient (Wildman–Crippen LogP) is 0.795. The number of carbonyl (C=O) groups excluding carboxylic acids is 1. The first-order valence-electron chi connectivity index (χ1n) is 3.79. The van der Waals surface area contributed by atoms with E-state index in [2.05, 4.69) is 11.3 Å². The Morgan fingerprint density at radius 3 is 2.13 bits per heavy atom. The van der Waals surface area contributed by atoms with Crippen LogP contribution in [0.5, 0.6) is 0 Å². The molecule has 0 rings (SSSR count). The quantitative estimate of drug-likeness (QED) is 0.409. The van der Waals surface area contributed by atoms with Crippen molar-refractivity contribution in [1.82, 2.24) is 0 Å². The van der Waals surface area contributed by atoms with Crippen LogP contribution in [0, 0.1) is 0 Å². The fourth-order valence-corrected chi connectivity index (χ4v) is 0.397. The molecule has 84 valence electrons. The smallest absolute Gasteiger partial charge is 0.327 e. The standard InChI is InChI=1S/C7H8O4.C2H4O2/c1-2-11-7(10)5-3-4-6(8)9;1-2(3)4/h2-4H,1,5H2,(H,8,9);1H3,(H,3,4). The number of ether oxygens (including phenoxy) is 1. The Morgan fingerprint density at radius 2 is 1.80 bits per heavy atom. The van der Waals surface area contributed by atoms with Gasteiger partial charge in [-0.05, 0) is 0 Å². The maximum absolute atomic E-state index is 10.5. The van der Waals surface area contributed by atoms with Crippen molar-refractivity contribution in [1.29, 1.82) is 0 Å². The van der Waals surface area contributed by atoms with E-state index in [-0.39, 0.29) is 6.42 Å². The second-order valence-corrected chi connectivity index (χ2v) is 2.12. The van der Waals surface area contributed by atoms with Crippen LogP contribution >= 0.6 is 0 Å². The van der Waals surface area contributed by atoms with Crippen molar-refractivity contribution in [3.63, 3.8) is 0 Å². The zero-order valence-electron chi connectivity index (χ0n) is 8.17. The van der Waals surface area contributed by atoms with Crippen molar-refractivity contribution in [3.8, 4) is 0 Å². The van der Waals surface area contributed by atoms with Gasteiger partial charge in [0, 0.05) is 13.0 Å². The fraction of sp³-hybridized carbons (Fsp3) is 0.222. The zero-order chi connectivity index (χ0) is 12.3. The summed E-state index contributed by atoms with van der Waals surface area (Å²) in [5, 5.41) is 15.5. The topological polar surface area (TPSA) is 101 Å². The van der Waals surface area contributed by atoms with Gasteiger partial charge in [-0.3, -0.25) is 9.59 Å². The average molecular weight is 216 g/mol. The molecule has 6 nitrogen and oxygen atoms in total. The molecule has 0 aliphatic heterocycles. The van der Waals surface area contributed by atoms with Gasteiger partial charge in [0.1, 0.15) is 0 Å². The number of hydrogen-bond acceptors (Lipinski definition) is 4. The van der Waals surface area contributed by atoms with Crippen LogP contribution < -0.4 is 0 Å². The van der Waals surface area contributed by atoms with Gasteiger partial charge in [0.2, 0.25) is 0 Å². The molecule has 0 fully saturated rings. The third kappa shape index (κ3) is 24.5. The molecule has 2 N–H and O–H groups in total. The van der Waals surface area contributed by atoms with Crippen LogP contribution in [-0.4, -0.2) is 28.1 Å². The van der Waals surface area contributed by atoms with Gasteiger partial charge in [0.15, 0.2) is 0 Å². The number of carboxylic acids is 2.